The van der Waals surface area contributed by atoms with Crippen molar-refractivity contribution in [3.05, 3.63) is 33.8 Å². The fraction of sp³-hybridized carbons (Fsp3) is 0.462. The summed E-state index contributed by atoms with van der Waals surface area (Å²) in [5, 5.41) is 0. The summed E-state index contributed by atoms with van der Waals surface area (Å²) in [5.41, 5.74) is 1.92. The summed E-state index contributed by atoms with van der Waals surface area (Å²) in [7, 11) is 0. The Morgan fingerprint density at radius 2 is 1.80 bits per heavy atom. The van der Waals surface area contributed by atoms with E-state index in [0.717, 1.165) is 15.6 Å². The molecule has 2 heteroatoms. The van der Waals surface area contributed by atoms with Crippen LogP contribution in [0, 0.1) is 18.8 Å². The summed E-state index contributed by atoms with van der Waals surface area (Å²) in [4.78, 5) is 12.1. The highest BCUT2D eigenvalue weighted by Crippen LogP contribution is 2.21. The SMILES string of the molecule is Cc1cc(Br)cc(C(=O)C(C)C(C)C)c1. The monoisotopic (exact) mass is 268 g/mol. The van der Waals surface area contributed by atoms with Gasteiger partial charge in [0, 0.05) is 16.0 Å². The minimum Gasteiger partial charge on any atom is -0.294 e. The van der Waals surface area contributed by atoms with Gasteiger partial charge in [0.15, 0.2) is 5.78 Å². The van der Waals surface area contributed by atoms with Crippen LogP contribution in [-0.2, 0) is 0 Å². The molecule has 1 aromatic rings. The van der Waals surface area contributed by atoms with E-state index in [1.54, 1.807) is 0 Å². The second kappa shape index (κ2) is 4.93. The molecule has 15 heavy (non-hydrogen) atoms. The maximum atomic E-state index is 12.1. The first-order chi connectivity index (χ1) is 6.91. The first-order valence-electron chi connectivity index (χ1n) is 5.23. The van der Waals surface area contributed by atoms with E-state index < -0.39 is 0 Å². The maximum absolute atomic E-state index is 12.1. The molecule has 0 bridgehead atoms. The third-order valence-corrected chi connectivity index (χ3v) is 3.20. The number of rotatable bonds is 3. The molecule has 0 aromatic heterocycles. The molecular formula is C13H17BrO. The van der Waals surface area contributed by atoms with Crippen LogP contribution in [0.15, 0.2) is 22.7 Å². The number of hydrogen-bond donors (Lipinski definition) is 0. The van der Waals surface area contributed by atoms with Gasteiger partial charge >= 0.3 is 0 Å². The summed E-state index contributed by atoms with van der Waals surface area (Å²) in [6.07, 6.45) is 0. The summed E-state index contributed by atoms with van der Waals surface area (Å²) >= 11 is 3.42. The van der Waals surface area contributed by atoms with Crippen LogP contribution >= 0.6 is 15.9 Å². The molecule has 1 nitrogen and oxygen atoms in total. The Kier molecular flexibility index (Phi) is 4.09. The van der Waals surface area contributed by atoms with E-state index in [1.165, 1.54) is 0 Å². The van der Waals surface area contributed by atoms with Gasteiger partial charge in [-0.15, -0.1) is 0 Å². The maximum Gasteiger partial charge on any atom is 0.165 e. The number of hydrogen-bond acceptors (Lipinski definition) is 1. The number of benzene rings is 1. The van der Waals surface area contributed by atoms with E-state index in [4.69, 9.17) is 0 Å². The summed E-state index contributed by atoms with van der Waals surface area (Å²) in [6.45, 7) is 8.14. The van der Waals surface area contributed by atoms with Crippen LogP contribution < -0.4 is 0 Å². The number of halogens is 1. The first-order valence-corrected chi connectivity index (χ1v) is 6.02. The van der Waals surface area contributed by atoms with Gasteiger partial charge in [-0.1, -0.05) is 36.7 Å². The van der Waals surface area contributed by atoms with E-state index in [1.807, 2.05) is 32.0 Å². The summed E-state index contributed by atoms with van der Waals surface area (Å²) in [6, 6.07) is 5.86. The van der Waals surface area contributed by atoms with Crippen molar-refractivity contribution in [3.8, 4) is 0 Å². The van der Waals surface area contributed by atoms with Gasteiger partial charge in [0.05, 0.1) is 0 Å². The van der Waals surface area contributed by atoms with Gasteiger partial charge < -0.3 is 0 Å². The first kappa shape index (κ1) is 12.4. The van der Waals surface area contributed by atoms with Gasteiger partial charge in [0.25, 0.3) is 0 Å². The highest BCUT2D eigenvalue weighted by molar-refractivity contribution is 9.10. The molecular weight excluding hydrogens is 252 g/mol. The Bertz CT molecular complexity index is 349. The number of carbonyl (C=O) groups excluding carboxylic acids is 1. The van der Waals surface area contributed by atoms with Gasteiger partial charge in [-0.25, -0.2) is 0 Å². The lowest BCUT2D eigenvalue weighted by Gasteiger charge is -2.14. The molecule has 1 unspecified atom stereocenters. The fourth-order valence-corrected chi connectivity index (χ4v) is 2.05. The lowest BCUT2D eigenvalue weighted by molar-refractivity contribution is 0.0899. The molecule has 0 aliphatic heterocycles. The zero-order chi connectivity index (χ0) is 11.6. The number of aryl methyl sites for hydroxylation is 1. The molecule has 1 aromatic carbocycles. The van der Waals surface area contributed by atoms with Crippen LogP contribution in [0.4, 0.5) is 0 Å². The zero-order valence-corrected chi connectivity index (χ0v) is 11.3. The normalized spacial score (nSPS) is 12.9. The van der Waals surface area contributed by atoms with Gasteiger partial charge in [-0.3, -0.25) is 4.79 Å². The fourth-order valence-electron chi connectivity index (χ4n) is 1.44. The van der Waals surface area contributed by atoms with Gasteiger partial charge in [0.1, 0.15) is 0 Å². The highest BCUT2D eigenvalue weighted by atomic mass is 79.9. The van der Waals surface area contributed by atoms with Crippen molar-refractivity contribution >= 4 is 21.7 Å². The Labute approximate surface area is 100 Å². The van der Waals surface area contributed by atoms with Gasteiger partial charge in [-0.05, 0) is 36.6 Å². The van der Waals surface area contributed by atoms with E-state index in [-0.39, 0.29) is 11.7 Å². The Hall–Kier alpha value is -0.630. The molecule has 1 rings (SSSR count). The van der Waals surface area contributed by atoms with Crippen LogP contribution in [0.3, 0.4) is 0 Å². The van der Waals surface area contributed by atoms with Crippen LogP contribution in [0.5, 0.6) is 0 Å². The Balaban J connectivity index is 3.01. The molecule has 0 radical (unpaired) electrons. The predicted octanol–water partition coefficient (Wildman–Crippen LogP) is 4.23. The molecule has 0 heterocycles. The van der Waals surface area contributed by atoms with E-state index in [0.29, 0.717) is 5.92 Å². The third-order valence-electron chi connectivity index (χ3n) is 2.74. The van der Waals surface area contributed by atoms with Gasteiger partial charge in [-0.2, -0.15) is 0 Å². The number of ketones is 1. The zero-order valence-electron chi connectivity index (χ0n) is 9.67. The Morgan fingerprint density at radius 1 is 1.20 bits per heavy atom. The van der Waals surface area contributed by atoms with Crippen LogP contribution in [-0.4, -0.2) is 5.78 Å². The quantitative estimate of drug-likeness (QED) is 0.750. The average molecular weight is 269 g/mol. The van der Waals surface area contributed by atoms with Gasteiger partial charge in [0.2, 0.25) is 0 Å². The molecule has 0 spiro atoms. The van der Waals surface area contributed by atoms with Crippen molar-refractivity contribution in [2.24, 2.45) is 11.8 Å². The molecule has 0 saturated heterocycles. The second-order valence-corrected chi connectivity index (χ2v) is 5.33. The van der Waals surface area contributed by atoms with Crippen LogP contribution in [0.1, 0.15) is 36.7 Å². The third kappa shape index (κ3) is 3.16. The Morgan fingerprint density at radius 3 is 2.27 bits per heavy atom. The average Bonchev–Trinajstić information content (AvgIpc) is 2.13. The van der Waals surface area contributed by atoms with Crippen LogP contribution in [0.2, 0.25) is 0 Å². The van der Waals surface area contributed by atoms with E-state index in [2.05, 4.69) is 29.8 Å². The van der Waals surface area contributed by atoms with Crippen molar-refractivity contribution in [2.45, 2.75) is 27.7 Å². The highest BCUT2D eigenvalue weighted by Gasteiger charge is 2.18. The summed E-state index contributed by atoms with van der Waals surface area (Å²) in [5.74, 6) is 0.699. The topological polar surface area (TPSA) is 17.1 Å². The predicted molar refractivity (Wildman–Crippen MR) is 67.2 cm³/mol. The van der Waals surface area contributed by atoms with Crippen LogP contribution in [0.25, 0.3) is 0 Å². The minimum absolute atomic E-state index is 0.0821. The smallest absolute Gasteiger partial charge is 0.165 e. The lowest BCUT2D eigenvalue weighted by atomic mass is 9.89. The molecule has 0 amide bonds. The second-order valence-electron chi connectivity index (χ2n) is 4.41. The van der Waals surface area contributed by atoms with E-state index >= 15 is 0 Å². The van der Waals surface area contributed by atoms with Crippen molar-refractivity contribution < 1.29 is 4.79 Å². The minimum atomic E-state index is 0.0821. The molecule has 1 atom stereocenters. The molecule has 0 aliphatic rings. The van der Waals surface area contributed by atoms with E-state index in [9.17, 15) is 4.79 Å². The summed E-state index contributed by atoms with van der Waals surface area (Å²) < 4.78 is 0.974. The standard InChI is InChI=1S/C13H17BrO/c1-8(2)10(4)13(15)11-5-9(3)6-12(14)7-11/h5-8,10H,1-4H3. The molecule has 82 valence electrons. The molecule has 0 aliphatic carbocycles. The number of carbonyl (C=O) groups is 1. The van der Waals surface area contributed by atoms with Crippen molar-refractivity contribution in [2.75, 3.05) is 0 Å². The van der Waals surface area contributed by atoms with Crippen molar-refractivity contribution in [3.63, 3.8) is 0 Å². The molecule has 0 N–H and O–H groups in total. The molecule has 0 saturated carbocycles. The van der Waals surface area contributed by atoms with Crippen molar-refractivity contribution in [1.82, 2.24) is 0 Å². The lowest BCUT2D eigenvalue weighted by Crippen LogP contribution is -2.17. The largest absolute Gasteiger partial charge is 0.294 e. The number of Topliss-reactive ketones (excluding diaryl/α,β-unsaturated/α-hetero) is 1. The molecule has 0 fully saturated rings. The van der Waals surface area contributed by atoms with Crippen molar-refractivity contribution in [1.29, 1.82) is 0 Å².